The fourth-order valence-electron chi connectivity index (χ4n) is 2.23. The third-order valence-corrected chi connectivity index (χ3v) is 4.88. The molecule has 25 heavy (non-hydrogen) atoms. The summed E-state index contributed by atoms with van der Waals surface area (Å²) in [6, 6.07) is 9.23. The van der Waals surface area contributed by atoms with Crippen molar-refractivity contribution in [1.29, 1.82) is 0 Å². The minimum Gasteiger partial charge on any atom is -0.493 e. The molecular formula is C17H18BrClN2O3S. The van der Waals surface area contributed by atoms with E-state index in [4.69, 9.17) is 38.0 Å². The van der Waals surface area contributed by atoms with Crippen molar-refractivity contribution in [2.75, 3.05) is 26.6 Å². The van der Waals surface area contributed by atoms with Gasteiger partial charge in [-0.05, 0) is 58.5 Å². The molecule has 5 nitrogen and oxygen atoms in total. The number of thiocarbonyl (C=S) groups is 1. The van der Waals surface area contributed by atoms with E-state index in [1.165, 1.54) is 0 Å². The van der Waals surface area contributed by atoms with Gasteiger partial charge in [0.15, 0.2) is 16.6 Å². The quantitative estimate of drug-likeness (QED) is 0.633. The second kappa shape index (κ2) is 9.12. The standard InChI is InChI=1S/C17H18BrClN2O3S/c1-22-14-7-4-10(15(23-2)16(14)24-3)9-20-17(25)21-11-5-6-12(18)13(19)8-11/h4-8H,9H2,1-3H3,(H2,20,21,25). The summed E-state index contributed by atoms with van der Waals surface area (Å²) in [6.45, 7) is 0.458. The highest BCUT2D eigenvalue weighted by Gasteiger charge is 2.15. The Balaban J connectivity index is 2.07. The minimum atomic E-state index is 0.458. The maximum Gasteiger partial charge on any atom is 0.203 e. The second-order valence-electron chi connectivity index (χ2n) is 4.93. The van der Waals surface area contributed by atoms with Gasteiger partial charge in [-0.15, -0.1) is 0 Å². The molecule has 0 saturated heterocycles. The van der Waals surface area contributed by atoms with E-state index < -0.39 is 0 Å². The van der Waals surface area contributed by atoms with Crippen LogP contribution >= 0.6 is 39.7 Å². The molecule has 2 aromatic rings. The summed E-state index contributed by atoms with van der Waals surface area (Å²) in [5.74, 6) is 1.75. The van der Waals surface area contributed by atoms with Crippen LogP contribution in [0.3, 0.4) is 0 Å². The molecule has 0 atom stereocenters. The van der Waals surface area contributed by atoms with Gasteiger partial charge in [0, 0.05) is 22.3 Å². The zero-order chi connectivity index (χ0) is 18.4. The Morgan fingerprint density at radius 1 is 1.08 bits per heavy atom. The predicted molar refractivity (Wildman–Crippen MR) is 108 cm³/mol. The lowest BCUT2D eigenvalue weighted by atomic mass is 10.1. The molecule has 0 saturated carbocycles. The van der Waals surface area contributed by atoms with Gasteiger partial charge in [0.1, 0.15) is 0 Å². The van der Waals surface area contributed by atoms with E-state index in [2.05, 4.69) is 26.6 Å². The van der Waals surface area contributed by atoms with E-state index in [1.54, 1.807) is 27.4 Å². The van der Waals surface area contributed by atoms with E-state index in [1.807, 2.05) is 24.3 Å². The second-order valence-corrected chi connectivity index (χ2v) is 6.60. The first-order chi connectivity index (χ1) is 12.0. The summed E-state index contributed by atoms with van der Waals surface area (Å²) in [7, 11) is 4.74. The first-order valence-electron chi connectivity index (χ1n) is 7.28. The van der Waals surface area contributed by atoms with Gasteiger partial charge >= 0.3 is 0 Å². The monoisotopic (exact) mass is 444 g/mol. The first kappa shape index (κ1) is 19.6. The molecule has 0 radical (unpaired) electrons. The number of halogens is 2. The molecule has 0 fully saturated rings. The SMILES string of the molecule is COc1ccc(CNC(=S)Nc2ccc(Br)c(Cl)c2)c(OC)c1OC. The number of hydrogen-bond donors (Lipinski definition) is 2. The van der Waals surface area contributed by atoms with Crippen LogP contribution in [-0.2, 0) is 6.54 Å². The average molecular weight is 446 g/mol. The van der Waals surface area contributed by atoms with Crippen LogP contribution in [0.25, 0.3) is 0 Å². The fraction of sp³-hybridized carbons (Fsp3) is 0.235. The lowest BCUT2D eigenvalue weighted by molar-refractivity contribution is 0.322. The Morgan fingerprint density at radius 3 is 2.40 bits per heavy atom. The zero-order valence-corrected chi connectivity index (χ0v) is 17.1. The highest BCUT2D eigenvalue weighted by atomic mass is 79.9. The van der Waals surface area contributed by atoms with Crippen LogP contribution in [0, 0.1) is 0 Å². The molecule has 2 N–H and O–H groups in total. The maximum atomic E-state index is 6.08. The summed E-state index contributed by atoms with van der Waals surface area (Å²) in [5, 5.41) is 7.29. The zero-order valence-electron chi connectivity index (χ0n) is 14.0. The molecular weight excluding hydrogens is 428 g/mol. The normalized spacial score (nSPS) is 10.1. The van der Waals surface area contributed by atoms with Crippen molar-refractivity contribution in [2.24, 2.45) is 0 Å². The first-order valence-corrected chi connectivity index (χ1v) is 8.85. The van der Waals surface area contributed by atoms with Crippen molar-refractivity contribution in [1.82, 2.24) is 5.32 Å². The molecule has 0 unspecified atom stereocenters. The lowest BCUT2D eigenvalue weighted by Crippen LogP contribution is -2.28. The third kappa shape index (κ3) is 4.90. The summed E-state index contributed by atoms with van der Waals surface area (Å²) >= 11 is 14.8. The van der Waals surface area contributed by atoms with E-state index in [-0.39, 0.29) is 0 Å². The van der Waals surface area contributed by atoms with Crippen molar-refractivity contribution >= 4 is 50.5 Å². The largest absolute Gasteiger partial charge is 0.493 e. The van der Waals surface area contributed by atoms with Crippen molar-refractivity contribution < 1.29 is 14.2 Å². The van der Waals surface area contributed by atoms with Crippen LogP contribution in [0.15, 0.2) is 34.8 Å². The molecule has 0 aliphatic rings. The Kier molecular flexibility index (Phi) is 7.16. The van der Waals surface area contributed by atoms with Gasteiger partial charge in [-0.25, -0.2) is 0 Å². The smallest absolute Gasteiger partial charge is 0.203 e. The predicted octanol–water partition coefficient (Wildman–Crippen LogP) is 4.61. The van der Waals surface area contributed by atoms with Crippen molar-refractivity contribution in [3.63, 3.8) is 0 Å². The Morgan fingerprint density at radius 2 is 1.80 bits per heavy atom. The number of hydrogen-bond acceptors (Lipinski definition) is 4. The van der Waals surface area contributed by atoms with Crippen molar-refractivity contribution in [3.8, 4) is 17.2 Å². The molecule has 0 amide bonds. The van der Waals surface area contributed by atoms with Gasteiger partial charge in [0.05, 0.1) is 26.4 Å². The molecule has 0 aliphatic carbocycles. The Bertz CT molecular complexity index is 774. The number of methoxy groups -OCH3 is 3. The fourth-order valence-corrected chi connectivity index (χ4v) is 2.84. The Labute approximate surface area is 165 Å². The number of anilines is 1. The van der Waals surface area contributed by atoms with Gasteiger partial charge in [0.2, 0.25) is 5.75 Å². The van der Waals surface area contributed by atoms with E-state index in [0.29, 0.717) is 33.9 Å². The van der Waals surface area contributed by atoms with Crippen LogP contribution in [0.2, 0.25) is 5.02 Å². The molecule has 2 rings (SSSR count). The molecule has 0 aromatic heterocycles. The Hall–Kier alpha value is -1.70. The number of nitrogens with one attached hydrogen (secondary N) is 2. The number of rotatable bonds is 6. The van der Waals surface area contributed by atoms with Crippen molar-refractivity contribution in [2.45, 2.75) is 6.54 Å². The minimum absolute atomic E-state index is 0.458. The summed E-state index contributed by atoms with van der Waals surface area (Å²) in [5.41, 5.74) is 1.68. The molecule has 8 heteroatoms. The molecule has 0 bridgehead atoms. The topological polar surface area (TPSA) is 51.8 Å². The van der Waals surface area contributed by atoms with Crippen LogP contribution in [-0.4, -0.2) is 26.4 Å². The van der Waals surface area contributed by atoms with Crippen LogP contribution in [0.4, 0.5) is 5.69 Å². The van der Waals surface area contributed by atoms with Crippen molar-refractivity contribution in [3.05, 3.63) is 45.4 Å². The highest BCUT2D eigenvalue weighted by Crippen LogP contribution is 2.39. The van der Waals surface area contributed by atoms with Crippen LogP contribution in [0.1, 0.15) is 5.56 Å². The number of ether oxygens (including phenoxy) is 3. The number of benzene rings is 2. The highest BCUT2D eigenvalue weighted by molar-refractivity contribution is 9.10. The molecule has 0 heterocycles. The summed E-state index contributed by atoms with van der Waals surface area (Å²) in [6.07, 6.45) is 0. The lowest BCUT2D eigenvalue weighted by Gasteiger charge is -2.17. The van der Waals surface area contributed by atoms with Gasteiger partial charge in [-0.2, -0.15) is 0 Å². The average Bonchev–Trinajstić information content (AvgIpc) is 2.61. The molecule has 134 valence electrons. The van der Waals surface area contributed by atoms with Gasteiger partial charge in [-0.3, -0.25) is 0 Å². The van der Waals surface area contributed by atoms with E-state index in [0.717, 1.165) is 15.7 Å². The third-order valence-electron chi connectivity index (χ3n) is 3.40. The molecule has 0 spiro atoms. The van der Waals surface area contributed by atoms with Gasteiger partial charge < -0.3 is 24.8 Å². The van der Waals surface area contributed by atoms with Gasteiger partial charge in [0.25, 0.3) is 0 Å². The molecule has 2 aromatic carbocycles. The molecule has 0 aliphatic heterocycles. The van der Waals surface area contributed by atoms with Crippen LogP contribution in [0.5, 0.6) is 17.2 Å². The summed E-state index contributed by atoms with van der Waals surface area (Å²) < 4.78 is 16.9. The van der Waals surface area contributed by atoms with E-state index in [9.17, 15) is 0 Å². The van der Waals surface area contributed by atoms with Gasteiger partial charge in [-0.1, -0.05) is 11.6 Å². The van der Waals surface area contributed by atoms with E-state index >= 15 is 0 Å². The van der Waals surface area contributed by atoms with Crippen LogP contribution < -0.4 is 24.8 Å². The maximum absolute atomic E-state index is 6.08. The summed E-state index contributed by atoms with van der Waals surface area (Å²) in [4.78, 5) is 0.